The van der Waals surface area contributed by atoms with E-state index in [1.165, 1.54) is 0 Å². The lowest BCUT2D eigenvalue weighted by Crippen LogP contribution is -2.47. The second kappa shape index (κ2) is 17.1. The van der Waals surface area contributed by atoms with Crippen molar-refractivity contribution in [1.29, 1.82) is 0 Å². The number of rotatable bonds is 11. The summed E-state index contributed by atoms with van der Waals surface area (Å²) in [4.78, 5) is 53.7. The average molecular weight is 578 g/mol. The van der Waals surface area contributed by atoms with Crippen molar-refractivity contribution < 1.29 is 33.4 Å². The first-order valence-corrected chi connectivity index (χ1v) is 13.8. The van der Waals surface area contributed by atoms with Crippen LogP contribution in [0.5, 0.6) is 0 Å². The van der Waals surface area contributed by atoms with Gasteiger partial charge in [0.2, 0.25) is 11.9 Å². The van der Waals surface area contributed by atoms with E-state index in [-0.39, 0.29) is 30.9 Å². The molecule has 0 spiro atoms. The lowest BCUT2D eigenvalue weighted by Gasteiger charge is -2.22. The standard InChI is InChI=1S/C29H47N5O7/c1-20(2)18-22(32-25(36)39-19-21-14-10-9-11-15-21)23(35)30-16-12-13-17-31-24(33-26(37)40-28(3,4)5)34-27(38)41-29(6,7)8/h9-11,14-15,20,22H,12-13,16-19H2,1-8H3,(H,30,35)(H,32,36)(H2,31,33,34,37,38)/t22-/m0/s1. The Morgan fingerprint density at radius 3 is 1.90 bits per heavy atom. The molecule has 0 bridgehead atoms. The number of ether oxygens (including phenoxy) is 3. The molecule has 0 radical (unpaired) electrons. The van der Waals surface area contributed by atoms with Gasteiger partial charge in [0.25, 0.3) is 0 Å². The minimum absolute atomic E-state index is 0.104. The molecule has 230 valence electrons. The van der Waals surface area contributed by atoms with Crippen LogP contribution in [0.2, 0.25) is 0 Å². The molecule has 0 saturated heterocycles. The van der Waals surface area contributed by atoms with Crippen LogP contribution in [-0.4, -0.2) is 60.5 Å². The molecule has 0 aliphatic rings. The van der Waals surface area contributed by atoms with Crippen molar-refractivity contribution in [3.05, 3.63) is 35.9 Å². The normalized spacial score (nSPS) is 12.0. The van der Waals surface area contributed by atoms with E-state index in [0.29, 0.717) is 25.8 Å². The Kier molecular flexibility index (Phi) is 14.7. The molecule has 1 rings (SSSR count). The number of aliphatic imine (C=N–C) groups is 1. The summed E-state index contributed by atoms with van der Waals surface area (Å²) in [5, 5.41) is 10.3. The molecule has 4 N–H and O–H groups in total. The first-order chi connectivity index (χ1) is 19.0. The summed E-state index contributed by atoms with van der Waals surface area (Å²) < 4.78 is 15.7. The van der Waals surface area contributed by atoms with E-state index in [9.17, 15) is 19.2 Å². The topological polar surface area (TPSA) is 156 Å². The maximum atomic E-state index is 12.8. The second-order valence-electron chi connectivity index (χ2n) is 11.9. The Morgan fingerprint density at radius 1 is 0.829 bits per heavy atom. The molecule has 0 saturated carbocycles. The van der Waals surface area contributed by atoms with Gasteiger partial charge in [0.15, 0.2) is 0 Å². The molecular formula is C29H47N5O7. The van der Waals surface area contributed by atoms with Gasteiger partial charge >= 0.3 is 18.3 Å². The number of carbonyl (C=O) groups is 4. The van der Waals surface area contributed by atoms with Crippen molar-refractivity contribution in [3.8, 4) is 0 Å². The summed E-state index contributed by atoms with van der Waals surface area (Å²) in [6, 6.07) is 8.54. The van der Waals surface area contributed by atoms with Gasteiger partial charge in [-0.25, -0.2) is 14.4 Å². The number of carbonyl (C=O) groups excluding carboxylic acids is 4. The number of amides is 4. The molecule has 1 atom stereocenters. The average Bonchev–Trinajstić information content (AvgIpc) is 2.82. The van der Waals surface area contributed by atoms with Gasteiger partial charge in [-0.2, -0.15) is 0 Å². The molecule has 1 aromatic carbocycles. The van der Waals surface area contributed by atoms with Crippen LogP contribution in [0.25, 0.3) is 0 Å². The lowest BCUT2D eigenvalue weighted by atomic mass is 10.0. The summed E-state index contributed by atoms with van der Waals surface area (Å²) in [7, 11) is 0. The fraction of sp³-hybridized carbons (Fsp3) is 0.621. The summed E-state index contributed by atoms with van der Waals surface area (Å²) >= 11 is 0. The molecule has 12 heteroatoms. The van der Waals surface area contributed by atoms with Gasteiger partial charge in [-0.15, -0.1) is 0 Å². The van der Waals surface area contributed by atoms with Gasteiger partial charge in [-0.1, -0.05) is 44.2 Å². The first kappa shape index (κ1) is 35.2. The lowest BCUT2D eigenvalue weighted by molar-refractivity contribution is -0.123. The Balaban J connectivity index is 2.59. The van der Waals surface area contributed by atoms with Gasteiger partial charge < -0.3 is 24.8 Å². The molecule has 1 aromatic rings. The smallest absolute Gasteiger partial charge is 0.414 e. The van der Waals surface area contributed by atoms with Crippen molar-refractivity contribution in [2.75, 3.05) is 13.1 Å². The molecular weight excluding hydrogens is 530 g/mol. The van der Waals surface area contributed by atoms with Crippen LogP contribution < -0.4 is 21.3 Å². The predicted octanol–water partition coefficient (Wildman–Crippen LogP) is 4.63. The largest absolute Gasteiger partial charge is 0.445 e. The highest BCUT2D eigenvalue weighted by molar-refractivity contribution is 6.01. The molecule has 0 unspecified atom stereocenters. The minimum atomic E-state index is -0.773. The zero-order valence-electron chi connectivity index (χ0n) is 25.6. The maximum Gasteiger partial charge on any atom is 0.414 e. The number of nitrogens with zero attached hydrogens (tertiary/aromatic N) is 1. The quantitative estimate of drug-likeness (QED) is 0.129. The number of hydrogen-bond donors (Lipinski definition) is 4. The van der Waals surface area contributed by atoms with Crippen LogP contribution in [0.3, 0.4) is 0 Å². The van der Waals surface area contributed by atoms with E-state index >= 15 is 0 Å². The SMILES string of the molecule is CC(C)C[C@H](NC(=O)OCc1ccccc1)C(=O)NCCCCN=C(NC(=O)OC(C)(C)C)NC(=O)OC(C)(C)C. The summed E-state index contributed by atoms with van der Waals surface area (Å²) in [6.45, 7) is 14.9. The Hall–Kier alpha value is -3.83. The molecule has 12 nitrogen and oxygen atoms in total. The highest BCUT2D eigenvalue weighted by atomic mass is 16.6. The van der Waals surface area contributed by atoms with Crippen LogP contribution in [0.1, 0.15) is 80.2 Å². The van der Waals surface area contributed by atoms with Crippen LogP contribution in [0.15, 0.2) is 35.3 Å². The number of alkyl carbamates (subject to hydrolysis) is 3. The van der Waals surface area contributed by atoms with E-state index < -0.39 is 35.5 Å². The van der Waals surface area contributed by atoms with Crippen LogP contribution in [0.4, 0.5) is 14.4 Å². The van der Waals surface area contributed by atoms with Gasteiger partial charge in [0, 0.05) is 13.1 Å². The third-order valence-electron chi connectivity index (χ3n) is 4.92. The highest BCUT2D eigenvalue weighted by Gasteiger charge is 2.23. The van der Waals surface area contributed by atoms with Crippen LogP contribution in [0, 0.1) is 5.92 Å². The zero-order valence-corrected chi connectivity index (χ0v) is 25.6. The Bertz CT molecular complexity index is 983. The van der Waals surface area contributed by atoms with E-state index in [1.54, 1.807) is 41.5 Å². The monoisotopic (exact) mass is 577 g/mol. The van der Waals surface area contributed by atoms with Crippen LogP contribution in [-0.2, 0) is 25.6 Å². The molecule has 0 aromatic heterocycles. The Morgan fingerprint density at radius 2 is 1.39 bits per heavy atom. The number of hydrogen-bond acceptors (Lipinski definition) is 8. The van der Waals surface area contributed by atoms with E-state index in [4.69, 9.17) is 14.2 Å². The summed E-state index contributed by atoms with van der Waals surface area (Å²) in [5.74, 6) is -0.242. The highest BCUT2D eigenvalue weighted by Crippen LogP contribution is 2.09. The third kappa shape index (κ3) is 18.2. The van der Waals surface area contributed by atoms with Crippen molar-refractivity contribution >= 4 is 30.1 Å². The Labute approximate surface area is 243 Å². The van der Waals surface area contributed by atoms with Crippen molar-refractivity contribution in [2.45, 2.75) is 98.5 Å². The number of unbranched alkanes of at least 4 members (excludes halogenated alkanes) is 1. The fourth-order valence-corrected chi connectivity index (χ4v) is 3.28. The van der Waals surface area contributed by atoms with E-state index in [2.05, 4.69) is 26.3 Å². The molecule has 4 amide bonds. The minimum Gasteiger partial charge on any atom is -0.445 e. The van der Waals surface area contributed by atoms with Gasteiger partial charge in [0.05, 0.1) is 0 Å². The second-order valence-corrected chi connectivity index (χ2v) is 11.9. The van der Waals surface area contributed by atoms with Crippen molar-refractivity contribution in [2.24, 2.45) is 10.9 Å². The summed E-state index contributed by atoms with van der Waals surface area (Å²) in [5.41, 5.74) is -0.624. The number of benzene rings is 1. The van der Waals surface area contributed by atoms with Gasteiger partial charge in [-0.05, 0) is 72.3 Å². The number of guanidine groups is 1. The molecule has 0 aliphatic heterocycles. The van der Waals surface area contributed by atoms with E-state index in [1.807, 2.05) is 44.2 Å². The van der Waals surface area contributed by atoms with Gasteiger partial charge in [0.1, 0.15) is 23.9 Å². The van der Waals surface area contributed by atoms with Crippen LogP contribution >= 0.6 is 0 Å². The fourth-order valence-electron chi connectivity index (χ4n) is 3.28. The molecule has 0 aliphatic carbocycles. The molecule has 41 heavy (non-hydrogen) atoms. The third-order valence-corrected chi connectivity index (χ3v) is 4.92. The first-order valence-electron chi connectivity index (χ1n) is 13.8. The summed E-state index contributed by atoms with van der Waals surface area (Å²) in [6.07, 6.45) is -0.652. The zero-order chi connectivity index (χ0) is 31.1. The van der Waals surface area contributed by atoms with Gasteiger partial charge in [-0.3, -0.25) is 20.4 Å². The number of nitrogens with one attached hydrogen (secondary N) is 4. The van der Waals surface area contributed by atoms with Crippen molar-refractivity contribution in [3.63, 3.8) is 0 Å². The van der Waals surface area contributed by atoms with Crippen molar-refractivity contribution in [1.82, 2.24) is 21.3 Å². The maximum absolute atomic E-state index is 12.8. The van der Waals surface area contributed by atoms with E-state index in [0.717, 1.165) is 5.56 Å². The predicted molar refractivity (Wildman–Crippen MR) is 156 cm³/mol. The molecule has 0 fully saturated rings. The molecule has 0 heterocycles.